The quantitative estimate of drug-likeness (QED) is 0.647. The van der Waals surface area contributed by atoms with E-state index in [9.17, 15) is 4.79 Å². The van der Waals surface area contributed by atoms with E-state index >= 15 is 0 Å². The number of pyridine rings is 1. The number of para-hydroxylation sites is 1. The van der Waals surface area contributed by atoms with Crippen molar-refractivity contribution >= 4 is 11.6 Å². The third-order valence-electron chi connectivity index (χ3n) is 4.77. The number of aromatic nitrogens is 1. The molecule has 1 aliphatic heterocycles. The lowest BCUT2D eigenvalue weighted by atomic mass is 10.1. The van der Waals surface area contributed by atoms with Gasteiger partial charge in [0.25, 0.3) is 5.91 Å². The maximum Gasteiger partial charge on any atom is 0.258 e. The smallest absolute Gasteiger partial charge is 0.258 e. The first-order valence-corrected chi connectivity index (χ1v) is 9.44. The average Bonchev–Trinajstić information content (AvgIpc) is 3.17. The Labute approximate surface area is 164 Å². The van der Waals surface area contributed by atoms with E-state index in [1.165, 1.54) is 5.56 Å². The Morgan fingerprint density at radius 1 is 1.04 bits per heavy atom. The van der Waals surface area contributed by atoms with Crippen molar-refractivity contribution in [1.29, 1.82) is 0 Å². The molecule has 0 fully saturated rings. The van der Waals surface area contributed by atoms with Crippen LogP contribution in [0, 0.1) is 0 Å². The summed E-state index contributed by atoms with van der Waals surface area (Å²) in [7, 11) is 0. The van der Waals surface area contributed by atoms with E-state index in [1.807, 2.05) is 42.2 Å². The van der Waals surface area contributed by atoms with Crippen molar-refractivity contribution in [3.8, 4) is 11.5 Å². The molecule has 0 N–H and O–H groups in total. The highest BCUT2D eigenvalue weighted by Gasteiger charge is 2.25. The van der Waals surface area contributed by atoms with Crippen molar-refractivity contribution in [1.82, 2.24) is 4.98 Å². The lowest BCUT2D eigenvalue weighted by Crippen LogP contribution is -2.28. The number of anilines is 1. The number of nitrogens with zero attached hydrogens (tertiary/aromatic N) is 2. The normalized spacial score (nSPS) is 12.5. The number of rotatable bonds is 6. The van der Waals surface area contributed by atoms with Gasteiger partial charge in [-0.15, -0.1) is 0 Å². The fourth-order valence-corrected chi connectivity index (χ4v) is 3.37. The SMILES string of the molecule is CCOc1cc(C(=O)N2CCc3ccccc32)ccc1OCc1ccncc1. The molecule has 0 atom stereocenters. The van der Waals surface area contributed by atoms with Crippen LogP contribution in [0.2, 0.25) is 0 Å². The third-order valence-corrected chi connectivity index (χ3v) is 4.77. The molecule has 5 nitrogen and oxygen atoms in total. The van der Waals surface area contributed by atoms with E-state index in [1.54, 1.807) is 30.6 Å². The number of carbonyl (C=O) groups is 1. The highest BCUT2D eigenvalue weighted by molar-refractivity contribution is 6.07. The number of amides is 1. The highest BCUT2D eigenvalue weighted by atomic mass is 16.5. The number of benzene rings is 2. The molecule has 1 amide bonds. The topological polar surface area (TPSA) is 51.7 Å². The van der Waals surface area contributed by atoms with Gasteiger partial charge in [0, 0.05) is 30.2 Å². The van der Waals surface area contributed by atoms with Gasteiger partial charge in [-0.25, -0.2) is 0 Å². The molecular weight excluding hydrogens is 352 g/mol. The van der Waals surface area contributed by atoms with Gasteiger partial charge in [0.2, 0.25) is 0 Å². The van der Waals surface area contributed by atoms with Gasteiger partial charge in [-0.2, -0.15) is 0 Å². The number of fused-ring (bicyclic) bond motifs is 1. The van der Waals surface area contributed by atoms with Gasteiger partial charge in [-0.3, -0.25) is 9.78 Å². The van der Waals surface area contributed by atoms with Crippen LogP contribution in [0.3, 0.4) is 0 Å². The summed E-state index contributed by atoms with van der Waals surface area (Å²) < 4.78 is 11.7. The van der Waals surface area contributed by atoms with E-state index < -0.39 is 0 Å². The predicted octanol–water partition coefficient (Wildman–Crippen LogP) is 4.26. The van der Waals surface area contributed by atoms with Crippen molar-refractivity contribution in [2.24, 2.45) is 0 Å². The lowest BCUT2D eigenvalue weighted by Gasteiger charge is -2.19. The molecular formula is C23H22N2O3. The van der Waals surface area contributed by atoms with Crippen LogP contribution in [0.1, 0.15) is 28.4 Å². The fourth-order valence-electron chi connectivity index (χ4n) is 3.37. The van der Waals surface area contributed by atoms with Crippen molar-refractivity contribution < 1.29 is 14.3 Å². The Hall–Kier alpha value is -3.34. The molecule has 0 aliphatic carbocycles. The number of hydrogen-bond donors (Lipinski definition) is 0. The van der Waals surface area contributed by atoms with E-state index in [-0.39, 0.29) is 5.91 Å². The van der Waals surface area contributed by atoms with Gasteiger partial charge in [-0.05, 0) is 60.9 Å². The largest absolute Gasteiger partial charge is 0.490 e. The molecule has 0 saturated carbocycles. The molecule has 2 heterocycles. The van der Waals surface area contributed by atoms with Crippen LogP contribution in [0.4, 0.5) is 5.69 Å². The molecule has 0 unspecified atom stereocenters. The summed E-state index contributed by atoms with van der Waals surface area (Å²) in [6, 6.07) is 17.2. The van der Waals surface area contributed by atoms with Crippen molar-refractivity contribution in [2.75, 3.05) is 18.1 Å². The molecule has 2 aromatic carbocycles. The van der Waals surface area contributed by atoms with E-state index in [4.69, 9.17) is 9.47 Å². The Kier molecular flexibility index (Phi) is 5.24. The third kappa shape index (κ3) is 3.69. The first-order chi connectivity index (χ1) is 13.8. The zero-order valence-corrected chi connectivity index (χ0v) is 15.8. The minimum absolute atomic E-state index is 0.0217. The molecule has 28 heavy (non-hydrogen) atoms. The molecule has 1 aliphatic rings. The maximum atomic E-state index is 13.1. The van der Waals surface area contributed by atoms with Gasteiger partial charge in [-0.1, -0.05) is 18.2 Å². The van der Waals surface area contributed by atoms with Gasteiger partial charge in [0.15, 0.2) is 11.5 Å². The molecule has 3 aromatic rings. The van der Waals surface area contributed by atoms with E-state index in [0.29, 0.717) is 36.8 Å². The zero-order valence-electron chi connectivity index (χ0n) is 15.8. The maximum absolute atomic E-state index is 13.1. The summed E-state index contributed by atoms with van der Waals surface area (Å²) >= 11 is 0. The number of ether oxygens (including phenoxy) is 2. The second-order valence-corrected chi connectivity index (χ2v) is 6.57. The summed E-state index contributed by atoms with van der Waals surface area (Å²) in [5, 5.41) is 0. The standard InChI is InChI=1S/C23H22N2O3/c1-2-27-22-15-19(7-8-21(22)28-16-17-9-12-24-13-10-17)23(26)25-14-11-18-5-3-4-6-20(18)25/h3-10,12-13,15H,2,11,14,16H2,1H3. The molecule has 0 radical (unpaired) electrons. The van der Waals surface area contributed by atoms with Crippen molar-refractivity contribution in [2.45, 2.75) is 20.0 Å². The average molecular weight is 374 g/mol. The molecule has 1 aromatic heterocycles. The molecule has 142 valence electrons. The van der Waals surface area contributed by atoms with Crippen LogP contribution in [-0.4, -0.2) is 24.0 Å². The van der Waals surface area contributed by atoms with Crippen molar-refractivity contribution in [3.63, 3.8) is 0 Å². The van der Waals surface area contributed by atoms with Crippen LogP contribution in [0.15, 0.2) is 67.0 Å². The molecule has 5 heteroatoms. The Morgan fingerprint density at radius 2 is 1.86 bits per heavy atom. The first-order valence-electron chi connectivity index (χ1n) is 9.44. The Bertz CT molecular complexity index is 973. The predicted molar refractivity (Wildman–Crippen MR) is 108 cm³/mol. The lowest BCUT2D eigenvalue weighted by molar-refractivity contribution is 0.0989. The minimum Gasteiger partial charge on any atom is -0.490 e. The Balaban J connectivity index is 1.55. The van der Waals surface area contributed by atoms with Crippen LogP contribution in [0.25, 0.3) is 0 Å². The molecule has 0 saturated heterocycles. The molecule has 0 bridgehead atoms. The van der Waals surface area contributed by atoms with Crippen LogP contribution in [0.5, 0.6) is 11.5 Å². The van der Waals surface area contributed by atoms with Crippen LogP contribution in [-0.2, 0) is 13.0 Å². The van der Waals surface area contributed by atoms with Gasteiger partial charge in [0.1, 0.15) is 6.61 Å². The highest BCUT2D eigenvalue weighted by Crippen LogP contribution is 2.33. The van der Waals surface area contributed by atoms with Gasteiger partial charge < -0.3 is 14.4 Å². The fraction of sp³-hybridized carbons (Fsp3) is 0.217. The summed E-state index contributed by atoms with van der Waals surface area (Å²) in [4.78, 5) is 18.9. The van der Waals surface area contributed by atoms with Crippen LogP contribution < -0.4 is 14.4 Å². The van der Waals surface area contributed by atoms with Gasteiger partial charge in [0.05, 0.1) is 6.61 Å². The zero-order chi connectivity index (χ0) is 19.3. The van der Waals surface area contributed by atoms with Crippen LogP contribution >= 0.6 is 0 Å². The monoisotopic (exact) mass is 374 g/mol. The summed E-state index contributed by atoms with van der Waals surface area (Å²) in [5.41, 5.74) is 3.81. The molecule has 0 spiro atoms. The summed E-state index contributed by atoms with van der Waals surface area (Å²) in [6.07, 6.45) is 4.35. The Morgan fingerprint density at radius 3 is 2.68 bits per heavy atom. The number of hydrogen-bond acceptors (Lipinski definition) is 4. The number of carbonyl (C=O) groups excluding carboxylic acids is 1. The van der Waals surface area contributed by atoms with E-state index in [2.05, 4.69) is 11.1 Å². The second-order valence-electron chi connectivity index (χ2n) is 6.57. The first kappa shape index (κ1) is 18.0. The van der Waals surface area contributed by atoms with E-state index in [0.717, 1.165) is 17.7 Å². The van der Waals surface area contributed by atoms with Gasteiger partial charge >= 0.3 is 0 Å². The summed E-state index contributed by atoms with van der Waals surface area (Å²) in [5.74, 6) is 1.18. The second kappa shape index (κ2) is 8.13. The van der Waals surface area contributed by atoms with Crippen molar-refractivity contribution in [3.05, 3.63) is 83.7 Å². The minimum atomic E-state index is -0.0217. The molecule has 4 rings (SSSR count). The summed E-state index contributed by atoms with van der Waals surface area (Å²) in [6.45, 7) is 3.52.